The van der Waals surface area contributed by atoms with Gasteiger partial charge in [-0.3, -0.25) is 0 Å². The lowest BCUT2D eigenvalue weighted by Gasteiger charge is -2.08. The highest BCUT2D eigenvalue weighted by Gasteiger charge is 2.00. The number of thioether (sulfide) groups is 1. The van der Waals surface area contributed by atoms with Crippen molar-refractivity contribution in [2.75, 3.05) is 5.73 Å². The molecule has 2 heteroatoms. The number of rotatable bonds is 3. The second-order valence-electron chi connectivity index (χ2n) is 3.55. The molecule has 0 saturated heterocycles. The number of hydrogen-bond acceptors (Lipinski definition) is 2. The first kappa shape index (κ1) is 10.5. The van der Waals surface area contributed by atoms with Gasteiger partial charge in [0.15, 0.2) is 0 Å². The summed E-state index contributed by atoms with van der Waals surface area (Å²) >= 11 is 1.96. The molecule has 0 atom stereocenters. The molecule has 13 heavy (non-hydrogen) atoms. The molecule has 0 aliphatic carbocycles. The van der Waals surface area contributed by atoms with Crippen LogP contribution in [0.15, 0.2) is 18.2 Å². The number of nitrogens with two attached hydrogens (primary N) is 1. The summed E-state index contributed by atoms with van der Waals surface area (Å²) < 4.78 is 0. The molecular weight excluding hydrogens is 178 g/mol. The third-order valence-corrected chi connectivity index (χ3v) is 3.08. The van der Waals surface area contributed by atoms with E-state index in [0.717, 1.165) is 11.4 Å². The van der Waals surface area contributed by atoms with Crippen LogP contribution in [0.5, 0.6) is 0 Å². The predicted octanol–water partition coefficient (Wildman–Crippen LogP) is 3.22. The van der Waals surface area contributed by atoms with Crippen molar-refractivity contribution in [3.05, 3.63) is 29.3 Å². The summed E-state index contributed by atoms with van der Waals surface area (Å²) in [7, 11) is 0. The Morgan fingerprint density at radius 1 is 1.38 bits per heavy atom. The average molecular weight is 195 g/mol. The third-order valence-electron chi connectivity index (χ3n) is 1.94. The van der Waals surface area contributed by atoms with Crippen LogP contribution in [-0.2, 0) is 5.75 Å². The van der Waals surface area contributed by atoms with Gasteiger partial charge in [-0.2, -0.15) is 11.8 Å². The Kier molecular flexibility index (Phi) is 3.67. The first-order valence-electron chi connectivity index (χ1n) is 4.56. The van der Waals surface area contributed by atoms with E-state index in [1.54, 1.807) is 0 Å². The molecule has 0 bridgehead atoms. The fraction of sp³-hybridized carbons (Fsp3) is 0.455. The minimum atomic E-state index is 0.692. The molecule has 72 valence electrons. The molecule has 0 saturated carbocycles. The minimum absolute atomic E-state index is 0.692. The van der Waals surface area contributed by atoms with Crippen LogP contribution in [0.2, 0.25) is 0 Å². The molecule has 1 rings (SSSR count). The lowest BCUT2D eigenvalue weighted by atomic mass is 10.1. The molecule has 0 aliphatic heterocycles. The van der Waals surface area contributed by atoms with Crippen LogP contribution < -0.4 is 5.73 Å². The highest BCUT2D eigenvalue weighted by Crippen LogP contribution is 2.21. The zero-order valence-corrected chi connectivity index (χ0v) is 9.32. The van der Waals surface area contributed by atoms with Crippen molar-refractivity contribution in [1.82, 2.24) is 0 Å². The topological polar surface area (TPSA) is 26.0 Å². The van der Waals surface area contributed by atoms with Gasteiger partial charge in [-0.05, 0) is 35.4 Å². The summed E-state index contributed by atoms with van der Waals surface area (Å²) in [5, 5.41) is 0.692. The van der Waals surface area contributed by atoms with Gasteiger partial charge in [-0.1, -0.05) is 19.9 Å². The van der Waals surface area contributed by atoms with Crippen molar-refractivity contribution in [3.63, 3.8) is 0 Å². The zero-order valence-electron chi connectivity index (χ0n) is 8.50. The van der Waals surface area contributed by atoms with E-state index < -0.39 is 0 Å². The first-order chi connectivity index (χ1) is 6.09. The van der Waals surface area contributed by atoms with E-state index in [4.69, 9.17) is 5.73 Å². The second kappa shape index (κ2) is 4.56. The quantitative estimate of drug-likeness (QED) is 0.749. The predicted molar refractivity (Wildman–Crippen MR) is 62.0 cm³/mol. The van der Waals surface area contributed by atoms with Crippen LogP contribution in [0.4, 0.5) is 5.69 Å². The van der Waals surface area contributed by atoms with Gasteiger partial charge in [0, 0.05) is 11.4 Å². The lowest BCUT2D eigenvalue weighted by Crippen LogP contribution is -1.93. The maximum absolute atomic E-state index is 5.68. The summed E-state index contributed by atoms with van der Waals surface area (Å²) in [5.74, 6) is 1.09. The smallest absolute Gasteiger partial charge is 0.0316 e. The van der Waals surface area contributed by atoms with Crippen molar-refractivity contribution >= 4 is 17.4 Å². The van der Waals surface area contributed by atoms with Crippen molar-refractivity contribution in [1.29, 1.82) is 0 Å². The highest BCUT2D eigenvalue weighted by molar-refractivity contribution is 7.99. The van der Waals surface area contributed by atoms with Crippen LogP contribution in [0.1, 0.15) is 25.0 Å². The van der Waals surface area contributed by atoms with Gasteiger partial charge in [0.25, 0.3) is 0 Å². The molecule has 1 nitrogen and oxygen atoms in total. The van der Waals surface area contributed by atoms with Crippen molar-refractivity contribution < 1.29 is 0 Å². The molecule has 0 aliphatic rings. The van der Waals surface area contributed by atoms with E-state index in [9.17, 15) is 0 Å². The molecule has 0 spiro atoms. The zero-order chi connectivity index (χ0) is 9.84. The Bertz CT molecular complexity index is 281. The molecule has 0 fully saturated rings. The molecule has 0 aromatic heterocycles. The van der Waals surface area contributed by atoms with E-state index >= 15 is 0 Å². The number of benzene rings is 1. The van der Waals surface area contributed by atoms with E-state index in [0.29, 0.717) is 5.25 Å². The summed E-state index contributed by atoms with van der Waals surface area (Å²) in [6.07, 6.45) is 0. The van der Waals surface area contributed by atoms with E-state index in [-0.39, 0.29) is 0 Å². The number of aryl methyl sites for hydroxylation is 1. The van der Waals surface area contributed by atoms with E-state index in [1.165, 1.54) is 11.1 Å². The first-order valence-corrected chi connectivity index (χ1v) is 5.61. The Morgan fingerprint density at radius 3 is 2.62 bits per heavy atom. The summed E-state index contributed by atoms with van der Waals surface area (Å²) in [4.78, 5) is 0. The highest BCUT2D eigenvalue weighted by atomic mass is 32.2. The third kappa shape index (κ3) is 3.31. The maximum atomic E-state index is 5.68. The molecule has 0 amide bonds. The number of anilines is 1. The second-order valence-corrected chi connectivity index (χ2v) is 5.11. The van der Waals surface area contributed by atoms with Crippen LogP contribution >= 0.6 is 11.8 Å². The van der Waals surface area contributed by atoms with E-state index in [1.807, 2.05) is 23.9 Å². The van der Waals surface area contributed by atoms with Crippen molar-refractivity contribution in [3.8, 4) is 0 Å². The Labute approximate surface area is 84.7 Å². The molecule has 0 unspecified atom stereocenters. The molecule has 1 aromatic carbocycles. The van der Waals surface area contributed by atoms with E-state index in [2.05, 4.69) is 26.8 Å². The Morgan fingerprint density at radius 2 is 2.08 bits per heavy atom. The fourth-order valence-electron chi connectivity index (χ4n) is 1.14. The van der Waals surface area contributed by atoms with Gasteiger partial charge in [-0.15, -0.1) is 0 Å². The van der Waals surface area contributed by atoms with Crippen LogP contribution in [0, 0.1) is 6.92 Å². The Balaban J connectivity index is 2.67. The largest absolute Gasteiger partial charge is 0.399 e. The van der Waals surface area contributed by atoms with Crippen molar-refractivity contribution in [2.45, 2.75) is 31.8 Å². The monoisotopic (exact) mass is 195 g/mol. The summed E-state index contributed by atoms with van der Waals surface area (Å²) in [6, 6.07) is 6.14. The standard InChI is InChI=1S/C11H17NS/c1-8(2)13-7-10-4-5-11(12)6-9(10)3/h4-6,8H,7,12H2,1-3H3. The number of nitrogen functional groups attached to an aromatic ring is 1. The average Bonchev–Trinajstić information content (AvgIpc) is 2.02. The fourth-order valence-corrected chi connectivity index (χ4v) is 1.97. The number of hydrogen-bond donors (Lipinski definition) is 1. The van der Waals surface area contributed by atoms with Crippen LogP contribution in [0.25, 0.3) is 0 Å². The van der Waals surface area contributed by atoms with Gasteiger partial charge in [0.05, 0.1) is 0 Å². The molecule has 2 N–H and O–H groups in total. The summed E-state index contributed by atoms with van der Waals surface area (Å²) in [5.41, 5.74) is 9.23. The minimum Gasteiger partial charge on any atom is -0.399 e. The van der Waals surface area contributed by atoms with Crippen molar-refractivity contribution in [2.24, 2.45) is 0 Å². The molecule has 0 heterocycles. The normalized spacial score (nSPS) is 10.8. The van der Waals surface area contributed by atoms with Gasteiger partial charge in [0.2, 0.25) is 0 Å². The van der Waals surface area contributed by atoms with Gasteiger partial charge < -0.3 is 5.73 Å². The molecule has 0 radical (unpaired) electrons. The van der Waals surface area contributed by atoms with Crippen LogP contribution in [-0.4, -0.2) is 5.25 Å². The van der Waals surface area contributed by atoms with Gasteiger partial charge in [0.1, 0.15) is 0 Å². The van der Waals surface area contributed by atoms with Gasteiger partial charge >= 0.3 is 0 Å². The maximum Gasteiger partial charge on any atom is 0.0316 e. The molecule has 1 aromatic rings. The Hall–Kier alpha value is -0.630. The van der Waals surface area contributed by atoms with Crippen LogP contribution in [0.3, 0.4) is 0 Å². The van der Waals surface area contributed by atoms with Gasteiger partial charge in [-0.25, -0.2) is 0 Å². The summed E-state index contributed by atoms with van der Waals surface area (Å²) in [6.45, 7) is 6.56. The molecular formula is C11H17NS. The SMILES string of the molecule is Cc1cc(N)ccc1CSC(C)C. The lowest BCUT2D eigenvalue weighted by molar-refractivity contribution is 1.11.